The Hall–Kier alpha value is -1.38. The number of hydrogen-bond acceptors (Lipinski definition) is 2. The van der Waals surface area contributed by atoms with Gasteiger partial charge in [-0.05, 0) is 17.7 Å². The molecule has 1 aliphatic rings. The van der Waals surface area contributed by atoms with E-state index in [-0.39, 0.29) is 5.82 Å². The molecular formula is C11H12FNO. The number of nitrogens with zero attached hydrogens (tertiary/aromatic N) is 1. The average molecular weight is 193 g/mol. The van der Waals surface area contributed by atoms with Gasteiger partial charge < -0.3 is 4.74 Å². The Balaban J connectivity index is 2.03. The van der Waals surface area contributed by atoms with E-state index in [1.54, 1.807) is 12.1 Å². The number of ether oxygens (including phenoxy) is 1. The normalized spacial score (nSPS) is 15.9. The van der Waals surface area contributed by atoms with Crippen molar-refractivity contribution < 1.29 is 9.13 Å². The highest BCUT2D eigenvalue weighted by molar-refractivity contribution is 5.79. The Morgan fingerprint density at radius 2 is 2.07 bits per heavy atom. The molecule has 0 amide bonds. The molecule has 14 heavy (non-hydrogen) atoms. The van der Waals surface area contributed by atoms with Crippen molar-refractivity contribution in [1.29, 1.82) is 0 Å². The molecule has 2 nitrogen and oxygen atoms in total. The van der Waals surface area contributed by atoms with Crippen molar-refractivity contribution in [2.75, 3.05) is 13.2 Å². The topological polar surface area (TPSA) is 21.6 Å². The Kier molecular flexibility index (Phi) is 2.77. The van der Waals surface area contributed by atoms with Crippen LogP contribution in [-0.4, -0.2) is 19.0 Å². The molecule has 0 atom stereocenters. The second-order valence-electron chi connectivity index (χ2n) is 3.28. The molecule has 1 aliphatic heterocycles. The molecule has 2 rings (SSSR count). The molecular weight excluding hydrogens is 181 g/mol. The molecule has 0 saturated heterocycles. The summed E-state index contributed by atoms with van der Waals surface area (Å²) in [5.74, 6) is 0.558. The molecule has 1 aromatic carbocycles. The maximum Gasteiger partial charge on any atom is 0.187 e. The van der Waals surface area contributed by atoms with Gasteiger partial charge in [-0.2, -0.15) is 0 Å². The minimum Gasteiger partial charge on any atom is -0.481 e. The Morgan fingerprint density at radius 1 is 1.29 bits per heavy atom. The van der Waals surface area contributed by atoms with Gasteiger partial charge in [-0.1, -0.05) is 12.1 Å². The third-order valence-electron chi connectivity index (χ3n) is 2.13. The molecule has 1 aromatic rings. The predicted molar refractivity (Wildman–Crippen MR) is 53.0 cm³/mol. The minimum absolute atomic E-state index is 0.208. The summed E-state index contributed by atoms with van der Waals surface area (Å²) in [6.45, 7) is 1.59. The van der Waals surface area contributed by atoms with Crippen molar-refractivity contribution in [3.63, 3.8) is 0 Å². The lowest BCUT2D eigenvalue weighted by Gasteiger charge is -2.13. The summed E-state index contributed by atoms with van der Waals surface area (Å²) in [6.07, 6.45) is 1.66. The SMILES string of the molecule is Fc1ccc(CC2=NCCCO2)cc1. The van der Waals surface area contributed by atoms with Crippen LogP contribution in [0.15, 0.2) is 29.3 Å². The molecule has 74 valence electrons. The first-order valence-electron chi connectivity index (χ1n) is 4.75. The van der Waals surface area contributed by atoms with Crippen LogP contribution in [0.25, 0.3) is 0 Å². The lowest BCUT2D eigenvalue weighted by Crippen LogP contribution is -2.15. The maximum absolute atomic E-state index is 12.6. The minimum atomic E-state index is -0.208. The van der Waals surface area contributed by atoms with Gasteiger partial charge in [-0.25, -0.2) is 4.39 Å². The summed E-state index contributed by atoms with van der Waals surface area (Å²) < 4.78 is 18.0. The molecule has 0 bridgehead atoms. The van der Waals surface area contributed by atoms with Crippen LogP contribution in [0.4, 0.5) is 4.39 Å². The lowest BCUT2D eigenvalue weighted by atomic mass is 10.1. The van der Waals surface area contributed by atoms with E-state index >= 15 is 0 Å². The standard InChI is InChI=1S/C11H12FNO/c12-10-4-2-9(3-5-10)8-11-13-6-1-7-14-11/h2-5H,1,6-8H2. The van der Waals surface area contributed by atoms with Gasteiger partial charge in [0.15, 0.2) is 5.90 Å². The van der Waals surface area contributed by atoms with Crippen molar-refractivity contribution in [3.8, 4) is 0 Å². The van der Waals surface area contributed by atoms with E-state index in [0.29, 0.717) is 6.42 Å². The summed E-state index contributed by atoms with van der Waals surface area (Å²) in [6, 6.07) is 6.43. The van der Waals surface area contributed by atoms with Gasteiger partial charge in [0.2, 0.25) is 0 Å². The van der Waals surface area contributed by atoms with Gasteiger partial charge in [0.1, 0.15) is 5.82 Å². The second-order valence-corrected chi connectivity index (χ2v) is 3.28. The number of halogens is 1. The van der Waals surface area contributed by atoms with Gasteiger partial charge >= 0.3 is 0 Å². The average Bonchev–Trinajstić information content (AvgIpc) is 2.23. The quantitative estimate of drug-likeness (QED) is 0.705. The van der Waals surface area contributed by atoms with Crippen LogP contribution in [-0.2, 0) is 11.2 Å². The van der Waals surface area contributed by atoms with Crippen molar-refractivity contribution in [3.05, 3.63) is 35.6 Å². The van der Waals surface area contributed by atoms with Gasteiger partial charge in [0.25, 0.3) is 0 Å². The predicted octanol–water partition coefficient (Wildman–Crippen LogP) is 2.19. The Labute approximate surface area is 82.4 Å². The van der Waals surface area contributed by atoms with Crippen molar-refractivity contribution in [1.82, 2.24) is 0 Å². The highest BCUT2D eigenvalue weighted by Gasteiger charge is 2.06. The van der Waals surface area contributed by atoms with Crippen LogP contribution < -0.4 is 0 Å². The van der Waals surface area contributed by atoms with E-state index in [4.69, 9.17) is 4.74 Å². The number of aliphatic imine (C=N–C) groups is 1. The van der Waals surface area contributed by atoms with Crippen molar-refractivity contribution in [2.45, 2.75) is 12.8 Å². The van der Waals surface area contributed by atoms with Crippen LogP contribution in [0.5, 0.6) is 0 Å². The largest absolute Gasteiger partial charge is 0.481 e. The van der Waals surface area contributed by atoms with Crippen LogP contribution in [0.3, 0.4) is 0 Å². The zero-order valence-corrected chi connectivity index (χ0v) is 7.87. The Bertz CT molecular complexity index is 332. The van der Waals surface area contributed by atoms with Crippen LogP contribution in [0, 0.1) is 5.82 Å². The zero-order chi connectivity index (χ0) is 9.80. The fraction of sp³-hybridized carbons (Fsp3) is 0.364. The van der Waals surface area contributed by atoms with Crippen molar-refractivity contribution >= 4 is 5.90 Å². The third kappa shape index (κ3) is 2.31. The fourth-order valence-corrected chi connectivity index (χ4v) is 1.39. The van der Waals surface area contributed by atoms with E-state index < -0.39 is 0 Å². The lowest BCUT2D eigenvalue weighted by molar-refractivity contribution is 0.276. The molecule has 0 fully saturated rings. The summed E-state index contributed by atoms with van der Waals surface area (Å²) >= 11 is 0. The molecule has 0 spiro atoms. The van der Waals surface area contributed by atoms with E-state index in [9.17, 15) is 4.39 Å². The van der Waals surface area contributed by atoms with E-state index in [1.165, 1.54) is 12.1 Å². The maximum atomic E-state index is 12.6. The van der Waals surface area contributed by atoms with Crippen LogP contribution in [0.1, 0.15) is 12.0 Å². The van der Waals surface area contributed by atoms with Gasteiger partial charge in [-0.3, -0.25) is 4.99 Å². The molecule has 0 aliphatic carbocycles. The molecule has 0 aromatic heterocycles. The Morgan fingerprint density at radius 3 is 2.71 bits per heavy atom. The molecule has 0 radical (unpaired) electrons. The summed E-state index contributed by atoms with van der Waals surface area (Å²) in [5, 5.41) is 0. The second kappa shape index (κ2) is 4.22. The molecule has 0 saturated carbocycles. The van der Waals surface area contributed by atoms with Crippen molar-refractivity contribution in [2.24, 2.45) is 4.99 Å². The first-order chi connectivity index (χ1) is 6.84. The zero-order valence-electron chi connectivity index (χ0n) is 7.87. The molecule has 0 N–H and O–H groups in total. The first-order valence-corrected chi connectivity index (χ1v) is 4.75. The number of hydrogen-bond donors (Lipinski definition) is 0. The molecule has 0 unspecified atom stereocenters. The van der Waals surface area contributed by atoms with E-state index in [1.807, 2.05) is 0 Å². The van der Waals surface area contributed by atoms with Gasteiger partial charge in [0, 0.05) is 19.4 Å². The summed E-state index contributed by atoms with van der Waals surface area (Å²) in [5.41, 5.74) is 1.03. The monoisotopic (exact) mass is 193 g/mol. The van der Waals surface area contributed by atoms with Gasteiger partial charge in [-0.15, -0.1) is 0 Å². The highest BCUT2D eigenvalue weighted by atomic mass is 19.1. The van der Waals surface area contributed by atoms with Crippen LogP contribution in [0.2, 0.25) is 0 Å². The summed E-state index contributed by atoms with van der Waals surface area (Å²) in [4.78, 5) is 4.25. The third-order valence-corrected chi connectivity index (χ3v) is 2.13. The van der Waals surface area contributed by atoms with Crippen LogP contribution >= 0.6 is 0 Å². The molecule has 1 heterocycles. The number of benzene rings is 1. The van der Waals surface area contributed by atoms with Gasteiger partial charge in [0.05, 0.1) is 6.61 Å². The van der Waals surface area contributed by atoms with E-state index in [2.05, 4.69) is 4.99 Å². The molecule has 3 heteroatoms. The number of rotatable bonds is 2. The fourth-order valence-electron chi connectivity index (χ4n) is 1.39. The highest BCUT2D eigenvalue weighted by Crippen LogP contribution is 2.07. The van der Waals surface area contributed by atoms with E-state index in [0.717, 1.165) is 31.0 Å². The smallest absolute Gasteiger partial charge is 0.187 e. The first kappa shape index (κ1) is 9.19. The summed E-state index contributed by atoms with van der Waals surface area (Å²) in [7, 11) is 0.